The molecule has 0 aliphatic carbocycles. The molecule has 0 aromatic carbocycles. The number of hydrogen-bond acceptors (Lipinski definition) is 3. The summed E-state index contributed by atoms with van der Waals surface area (Å²) in [5.41, 5.74) is 3.58. The molecule has 0 bridgehead atoms. The molecule has 3 rings (SSSR count). The van der Waals surface area contributed by atoms with Gasteiger partial charge >= 0.3 is 0 Å². The molecule has 0 radical (unpaired) electrons. The Morgan fingerprint density at radius 3 is 2.55 bits per heavy atom. The van der Waals surface area contributed by atoms with E-state index in [1.165, 1.54) is 0 Å². The summed E-state index contributed by atoms with van der Waals surface area (Å²) in [5.74, 6) is 0.0927. The molecule has 5 heteroatoms. The monoisotopic (exact) mass is 268 g/mol. The highest BCUT2D eigenvalue weighted by Gasteiger charge is 2.16. The Labute approximate surface area is 116 Å². The second-order valence-electron chi connectivity index (χ2n) is 5.23. The van der Waals surface area contributed by atoms with E-state index < -0.39 is 0 Å². The predicted molar refractivity (Wildman–Crippen MR) is 76.6 cm³/mol. The number of ketones is 1. The highest BCUT2D eigenvalue weighted by molar-refractivity contribution is 6.03. The maximum Gasteiger partial charge on any atom is 0.169 e. The van der Waals surface area contributed by atoms with E-state index in [-0.39, 0.29) is 11.7 Å². The van der Waals surface area contributed by atoms with Crippen LogP contribution in [-0.2, 0) is 7.05 Å². The number of rotatable bonds is 3. The molecule has 0 unspecified atom stereocenters. The molecule has 0 amide bonds. The number of nitrogens with zero attached hydrogens (tertiary/aromatic N) is 4. The molecule has 0 aliphatic rings. The summed E-state index contributed by atoms with van der Waals surface area (Å²) >= 11 is 0. The minimum Gasteiger partial charge on any atom is -0.294 e. The van der Waals surface area contributed by atoms with E-state index >= 15 is 0 Å². The minimum atomic E-state index is -0.0269. The smallest absolute Gasteiger partial charge is 0.169 e. The number of carbonyl (C=O) groups is 1. The van der Waals surface area contributed by atoms with Crippen molar-refractivity contribution in [3.05, 3.63) is 42.5 Å². The molecule has 0 saturated heterocycles. The quantitative estimate of drug-likeness (QED) is 0.686. The van der Waals surface area contributed by atoms with Gasteiger partial charge < -0.3 is 0 Å². The van der Waals surface area contributed by atoms with Gasteiger partial charge in [-0.3, -0.25) is 9.48 Å². The van der Waals surface area contributed by atoms with Crippen LogP contribution in [0.3, 0.4) is 0 Å². The fourth-order valence-electron chi connectivity index (χ4n) is 2.23. The molecule has 3 heterocycles. The lowest BCUT2D eigenvalue weighted by molar-refractivity contribution is 0.0941. The first kappa shape index (κ1) is 12.6. The van der Waals surface area contributed by atoms with Gasteiger partial charge in [0.25, 0.3) is 0 Å². The van der Waals surface area contributed by atoms with Gasteiger partial charge in [0.15, 0.2) is 5.78 Å². The van der Waals surface area contributed by atoms with Gasteiger partial charge in [0.05, 0.1) is 23.5 Å². The van der Waals surface area contributed by atoms with Crippen LogP contribution < -0.4 is 0 Å². The molecule has 0 N–H and O–H groups in total. The molecule has 0 aliphatic heterocycles. The van der Waals surface area contributed by atoms with E-state index in [1.807, 2.05) is 51.6 Å². The van der Waals surface area contributed by atoms with Crippen LogP contribution >= 0.6 is 0 Å². The molecule has 3 aromatic rings. The van der Waals surface area contributed by atoms with Crippen LogP contribution in [0.2, 0.25) is 0 Å². The fourth-order valence-corrected chi connectivity index (χ4v) is 2.23. The van der Waals surface area contributed by atoms with E-state index in [9.17, 15) is 4.79 Å². The summed E-state index contributed by atoms with van der Waals surface area (Å²) in [6, 6.07) is 3.93. The van der Waals surface area contributed by atoms with Gasteiger partial charge in [0.2, 0.25) is 0 Å². The lowest BCUT2D eigenvalue weighted by atomic mass is 10.0. The van der Waals surface area contributed by atoms with Crippen molar-refractivity contribution in [2.24, 2.45) is 13.0 Å². The van der Waals surface area contributed by atoms with Crippen LogP contribution in [0.1, 0.15) is 24.2 Å². The Kier molecular flexibility index (Phi) is 2.89. The van der Waals surface area contributed by atoms with Gasteiger partial charge in [0, 0.05) is 36.5 Å². The van der Waals surface area contributed by atoms with Crippen LogP contribution in [0.25, 0.3) is 16.6 Å². The maximum absolute atomic E-state index is 12.1. The number of hydrogen-bond donors (Lipinski definition) is 0. The van der Waals surface area contributed by atoms with Gasteiger partial charge in [-0.2, -0.15) is 10.2 Å². The SMILES string of the molecule is CC(C)C(=O)c1cnn2cc(-c3cnn(C)c3)ccc12. The van der Waals surface area contributed by atoms with Crippen molar-refractivity contribution in [1.29, 1.82) is 0 Å². The molecule has 0 saturated carbocycles. The molecule has 0 fully saturated rings. The molecular formula is C15H16N4O. The number of carbonyl (C=O) groups excluding carboxylic acids is 1. The van der Waals surface area contributed by atoms with E-state index in [4.69, 9.17) is 0 Å². The van der Waals surface area contributed by atoms with Crippen molar-refractivity contribution in [3.63, 3.8) is 0 Å². The fraction of sp³-hybridized carbons (Fsp3) is 0.267. The molecule has 0 atom stereocenters. The summed E-state index contributed by atoms with van der Waals surface area (Å²) in [6.07, 6.45) is 7.32. The third kappa shape index (κ3) is 2.01. The van der Waals surface area contributed by atoms with Gasteiger partial charge in [-0.25, -0.2) is 4.52 Å². The van der Waals surface area contributed by atoms with Crippen LogP contribution in [0, 0.1) is 5.92 Å². The summed E-state index contributed by atoms with van der Waals surface area (Å²) in [6.45, 7) is 3.80. The van der Waals surface area contributed by atoms with Crippen LogP contribution in [-0.4, -0.2) is 25.2 Å². The van der Waals surface area contributed by atoms with E-state index in [1.54, 1.807) is 15.4 Å². The summed E-state index contributed by atoms with van der Waals surface area (Å²) in [4.78, 5) is 12.1. The third-order valence-electron chi connectivity index (χ3n) is 3.34. The van der Waals surface area contributed by atoms with E-state index in [0.29, 0.717) is 5.56 Å². The van der Waals surface area contributed by atoms with Crippen molar-refractivity contribution in [3.8, 4) is 11.1 Å². The van der Waals surface area contributed by atoms with Crippen molar-refractivity contribution in [1.82, 2.24) is 19.4 Å². The Morgan fingerprint density at radius 1 is 1.10 bits per heavy atom. The maximum atomic E-state index is 12.1. The molecular weight excluding hydrogens is 252 g/mol. The van der Waals surface area contributed by atoms with Gasteiger partial charge in [-0.15, -0.1) is 0 Å². The first-order valence-electron chi connectivity index (χ1n) is 6.57. The number of fused-ring (bicyclic) bond motifs is 1. The zero-order valence-corrected chi connectivity index (χ0v) is 11.7. The number of aryl methyl sites for hydroxylation is 1. The van der Waals surface area contributed by atoms with E-state index in [2.05, 4.69) is 10.2 Å². The van der Waals surface area contributed by atoms with Crippen molar-refractivity contribution in [2.45, 2.75) is 13.8 Å². The van der Waals surface area contributed by atoms with Crippen molar-refractivity contribution in [2.75, 3.05) is 0 Å². The Balaban J connectivity index is 2.08. The van der Waals surface area contributed by atoms with Crippen molar-refractivity contribution < 1.29 is 4.79 Å². The first-order valence-corrected chi connectivity index (χ1v) is 6.57. The highest BCUT2D eigenvalue weighted by atomic mass is 16.1. The molecule has 0 spiro atoms. The predicted octanol–water partition coefficient (Wildman–Crippen LogP) is 2.57. The average Bonchev–Trinajstić information content (AvgIpc) is 3.03. The Morgan fingerprint density at radius 2 is 1.90 bits per heavy atom. The van der Waals surface area contributed by atoms with Crippen LogP contribution in [0.15, 0.2) is 36.9 Å². The number of aromatic nitrogens is 4. The molecule has 102 valence electrons. The zero-order valence-electron chi connectivity index (χ0n) is 11.7. The van der Waals surface area contributed by atoms with Crippen molar-refractivity contribution >= 4 is 11.3 Å². The largest absolute Gasteiger partial charge is 0.294 e. The third-order valence-corrected chi connectivity index (χ3v) is 3.34. The average molecular weight is 268 g/mol. The normalized spacial score (nSPS) is 11.4. The lowest BCUT2D eigenvalue weighted by Gasteiger charge is -2.03. The number of Topliss-reactive ketones (excluding diaryl/α,β-unsaturated/α-hetero) is 1. The summed E-state index contributed by atoms with van der Waals surface area (Å²) < 4.78 is 3.51. The van der Waals surface area contributed by atoms with Crippen LogP contribution in [0.5, 0.6) is 0 Å². The lowest BCUT2D eigenvalue weighted by Crippen LogP contribution is -2.06. The number of pyridine rings is 1. The summed E-state index contributed by atoms with van der Waals surface area (Å²) in [7, 11) is 1.88. The molecule has 5 nitrogen and oxygen atoms in total. The standard InChI is InChI=1S/C15H16N4O/c1-10(2)15(20)13-7-17-19-9-11(4-5-14(13)19)12-6-16-18(3)8-12/h4-10H,1-3H3. The van der Waals surface area contributed by atoms with Crippen LogP contribution in [0.4, 0.5) is 0 Å². The van der Waals surface area contributed by atoms with Gasteiger partial charge in [-0.1, -0.05) is 19.9 Å². The Hall–Kier alpha value is -2.43. The van der Waals surface area contributed by atoms with Gasteiger partial charge in [0.1, 0.15) is 0 Å². The second-order valence-corrected chi connectivity index (χ2v) is 5.23. The van der Waals surface area contributed by atoms with E-state index in [0.717, 1.165) is 16.6 Å². The zero-order chi connectivity index (χ0) is 14.3. The van der Waals surface area contributed by atoms with Gasteiger partial charge in [-0.05, 0) is 6.07 Å². The topological polar surface area (TPSA) is 52.2 Å². The Bertz CT molecular complexity index is 782. The molecule has 3 aromatic heterocycles. The first-order chi connectivity index (χ1) is 9.56. The minimum absolute atomic E-state index is 0.0269. The molecule has 20 heavy (non-hydrogen) atoms. The second kappa shape index (κ2) is 4.59. The highest BCUT2D eigenvalue weighted by Crippen LogP contribution is 2.21. The summed E-state index contributed by atoms with van der Waals surface area (Å²) in [5, 5.41) is 8.45.